The highest BCUT2D eigenvalue weighted by atomic mass is 32.1. The summed E-state index contributed by atoms with van der Waals surface area (Å²) >= 11 is 1.63. The van der Waals surface area contributed by atoms with E-state index in [4.69, 9.17) is 13.6 Å². The molecule has 0 unspecified atom stereocenters. The van der Waals surface area contributed by atoms with Crippen molar-refractivity contribution in [2.24, 2.45) is 0 Å². The van der Waals surface area contributed by atoms with Gasteiger partial charge in [0, 0.05) is 16.8 Å². The maximum atomic E-state index is 12.6. The molecule has 0 aliphatic carbocycles. The second-order valence-electron chi connectivity index (χ2n) is 5.78. The monoisotopic (exact) mass is 367 g/mol. The predicted octanol–water partition coefficient (Wildman–Crippen LogP) is 4.66. The van der Waals surface area contributed by atoms with Crippen LogP contribution in [0.4, 0.5) is 0 Å². The Labute approximate surface area is 154 Å². The first-order chi connectivity index (χ1) is 12.8. The highest BCUT2D eigenvalue weighted by molar-refractivity contribution is 7.10. The minimum absolute atomic E-state index is 0.0344. The molecule has 0 saturated heterocycles. The Kier molecular flexibility index (Phi) is 4.50. The number of rotatable bonds is 6. The number of methoxy groups -OCH3 is 1. The van der Waals surface area contributed by atoms with Gasteiger partial charge in [-0.1, -0.05) is 18.2 Å². The predicted molar refractivity (Wildman–Crippen MR) is 100.0 cm³/mol. The van der Waals surface area contributed by atoms with Crippen LogP contribution in [0.3, 0.4) is 0 Å². The number of fused-ring (bicyclic) bond motifs is 1. The van der Waals surface area contributed by atoms with Gasteiger partial charge >= 0.3 is 0 Å². The number of thiophene rings is 1. The molecule has 0 radical (unpaired) electrons. The van der Waals surface area contributed by atoms with Crippen LogP contribution in [0.15, 0.2) is 69.0 Å². The van der Waals surface area contributed by atoms with E-state index in [2.05, 4.69) is 5.32 Å². The third-order valence-electron chi connectivity index (χ3n) is 4.19. The topological polar surface area (TPSA) is 64.6 Å². The number of benzene rings is 1. The Morgan fingerprint density at radius 1 is 1.23 bits per heavy atom. The lowest BCUT2D eigenvalue weighted by Gasteiger charge is -2.13. The second kappa shape index (κ2) is 7.09. The average Bonchev–Trinajstić information content (AvgIpc) is 3.41. The van der Waals surface area contributed by atoms with Gasteiger partial charge in [0.15, 0.2) is 17.1 Å². The van der Waals surface area contributed by atoms with E-state index in [9.17, 15) is 4.79 Å². The summed E-state index contributed by atoms with van der Waals surface area (Å²) in [6.07, 6.45) is 1.64. The summed E-state index contributed by atoms with van der Waals surface area (Å²) in [5, 5.41) is 5.79. The number of ether oxygens (including phenoxy) is 1. The highest BCUT2D eigenvalue weighted by Gasteiger charge is 2.21. The van der Waals surface area contributed by atoms with Crippen molar-refractivity contribution >= 4 is 28.2 Å². The van der Waals surface area contributed by atoms with Gasteiger partial charge in [0.1, 0.15) is 5.76 Å². The van der Waals surface area contributed by atoms with E-state index in [1.54, 1.807) is 36.8 Å². The number of hydrogen-bond donors (Lipinski definition) is 1. The van der Waals surface area contributed by atoms with Gasteiger partial charge in [0.2, 0.25) is 0 Å². The third kappa shape index (κ3) is 3.11. The van der Waals surface area contributed by atoms with Gasteiger partial charge in [-0.15, -0.1) is 11.3 Å². The van der Waals surface area contributed by atoms with Crippen molar-refractivity contribution in [2.75, 3.05) is 13.7 Å². The lowest BCUT2D eigenvalue weighted by Crippen LogP contribution is -2.28. The van der Waals surface area contributed by atoms with Crippen LogP contribution in [0.5, 0.6) is 5.75 Å². The van der Waals surface area contributed by atoms with Gasteiger partial charge in [-0.05, 0) is 35.7 Å². The summed E-state index contributed by atoms with van der Waals surface area (Å²) in [4.78, 5) is 13.7. The molecule has 26 heavy (non-hydrogen) atoms. The smallest absolute Gasteiger partial charge is 0.287 e. The molecule has 0 aliphatic rings. The van der Waals surface area contributed by atoms with Crippen molar-refractivity contribution in [3.05, 3.63) is 76.6 Å². The molecule has 5 nitrogen and oxygen atoms in total. The summed E-state index contributed by atoms with van der Waals surface area (Å²) in [6, 6.07) is 15.1. The Morgan fingerprint density at radius 3 is 2.88 bits per heavy atom. The molecule has 6 heteroatoms. The minimum Gasteiger partial charge on any atom is -0.493 e. The van der Waals surface area contributed by atoms with E-state index in [1.165, 1.54) is 0 Å². The average molecular weight is 367 g/mol. The zero-order chi connectivity index (χ0) is 17.9. The molecule has 4 aromatic rings. The van der Waals surface area contributed by atoms with Crippen molar-refractivity contribution < 1.29 is 18.4 Å². The number of furan rings is 2. The SMILES string of the molecule is COc1cccc2cc(C(=O)NC[C@@H](c3ccco3)c3cccs3)oc12. The molecule has 1 amide bonds. The zero-order valence-corrected chi connectivity index (χ0v) is 14.9. The fraction of sp³-hybridized carbons (Fsp3) is 0.150. The first kappa shape index (κ1) is 16.5. The molecule has 132 valence electrons. The lowest BCUT2D eigenvalue weighted by molar-refractivity contribution is 0.0926. The zero-order valence-electron chi connectivity index (χ0n) is 14.1. The maximum absolute atomic E-state index is 12.6. The van der Waals surface area contributed by atoms with Gasteiger partial charge in [0.25, 0.3) is 5.91 Å². The molecule has 3 heterocycles. The van der Waals surface area contributed by atoms with Crippen LogP contribution in [0, 0.1) is 0 Å². The summed E-state index contributed by atoms with van der Waals surface area (Å²) < 4.78 is 16.5. The number of hydrogen-bond acceptors (Lipinski definition) is 5. The van der Waals surface area contributed by atoms with E-state index in [0.29, 0.717) is 17.9 Å². The van der Waals surface area contributed by atoms with E-state index in [-0.39, 0.29) is 17.6 Å². The van der Waals surface area contributed by atoms with Crippen LogP contribution in [0.1, 0.15) is 27.1 Å². The van der Waals surface area contributed by atoms with E-state index in [1.807, 2.05) is 41.8 Å². The summed E-state index contributed by atoms with van der Waals surface area (Å²) in [6.45, 7) is 0.418. The highest BCUT2D eigenvalue weighted by Crippen LogP contribution is 2.30. The number of carbonyl (C=O) groups is 1. The van der Waals surface area contributed by atoms with Crippen LogP contribution in [-0.4, -0.2) is 19.6 Å². The van der Waals surface area contributed by atoms with Crippen molar-refractivity contribution in [2.45, 2.75) is 5.92 Å². The number of para-hydroxylation sites is 1. The summed E-state index contributed by atoms with van der Waals surface area (Å²) in [5.41, 5.74) is 0.570. The van der Waals surface area contributed by atoms with Crippen LogP contribution in [0.2, 0.25) is 0 Å². The first-order valence-electron chi connectivity index (χ1n) is 8.18. The quantitative estimate of drug-likeness (QED) is 0.538. The molecule has 1 aromatic carbocycles. The van der Waals surface area contributed by atoms with E-state index >= 15 is 0 Å². The molecular weight excluding hydrogens is 350 g/mol. The van der Waals surface area contributed by atoms with Crippen molar-refractivity contribution in [3.63, 3.8) is 0 Å². The molecule has 0 spiro atoms. The minimum atomic E-state index is -0.267. The molecule has 4 rings (SSSR count). The van der Waals surface area contributed by atoms with Gasteiger partial charge in [-0.25, -0.2) is 0 Å². The van der Waals surface area contributed by atoms with Crippen molar-refractivity contribution in [3.8, 4) is 5.75 Å². The van der Waals surface area contributed by atoms with Gasteiger partial charge in [0.05, 0.1) is 19.3 Å². The Bertz CT molecular complexity index is 968. The standard InChI is InChI=1S/C20H17NO4S/c1-23-16-6-2-5-13-11-17(25-19(13)16)20(22)21-12-14(15-7-3-9-24-15)18-8-4-10-26-18/h2-11,14H,12H2,1H3,(H,21,22)/t14-/m0/s1. The number of carbonyl (C=O) groups excluding carboxylic acids is 1. The van der Waals surface area contributed by atoms with E-state index < -0.39 is 0 Å². The Balaban J connectivity index is 1.54. The fourth-order valence-electron chi connectivity index (χ4n) is 2.91. The molecule has 3 aromatic heterocycles. The molecule has 1 atom stereocenters. The normalized spacial score (nSPS) is 12.2. The van der Waals surface area contributed by atoms with Gasteiger partial charge in [-0.2, -0.15) is 0 Å². The molecular formula is C20H17NO4S. The van der Waals surface area contributed by atoms with Gasteiger partial charge in [-0.3, -0.25) is 4.79 Å². The second-order valence-corrected chi connectivity index (χ2v) is 6.76. The Morgan fingerprint density at radius 2 is 2.15 bits per heavy atom. The van der Waals surface area contributed by atoms with Crippen LogP contribution < -0.4 is 10.1 Å². The number of nitrogens with one attached hydrogen (secondary N) is 1. The molecule has 0 aliphatic heterocycles. The molecule has 0 saturated carbocycles. The van der Waals surface area contributed by atoms with Crippen LogP contribution in [-0.2, 0) is 0 Å². The number of amides is 1. The van der Waals surface area contributed by atoms with Gasteiger partial charge < -0.3 is 18.9 Å². The van der Waals surface area contributed by atoms with E-state index in [0.717, 1.165) is 16.0 Å². The van der Waals surface area contributed by atoms with Crippen LogP contribution in [0.25, 0.3) is 11.0 Å². The van der Waals surface area contributed by atoms with Crippen LogP contribution >= 0.6 is 11.3 Å². The third-order valence-corrected chi connectivity index (χ3v) is 5.18. The largest absolute Gasteiger partial charge is 0.493 e. The summed E-state index contributed by atoms with van der Waals surface area (Å²) in [5.74, 6) is 1.38. The summed E-state index contributed by atoms with van der Waals surface area (Å²) in [7, 11) is 1.58. The molecule has 0 fully saturated rings. The van der Waals surface area contributed by atoms with Crippen molar-refractivity contribution in [1.82, 2.24) is 5.32 Å². The first-order valence-corrected chi connectivity index (χ1v) is 9.06. The maximum Gasteiger partial charge on any atom is 0.287 e. The fourth-order valence-corrected chi connectivity index (χ4v) is 3.75. The molecule has 1 N–H and O–H groups in total. The van der Waals surface area contributed by atoms with Crippen molar-refractivity contribution in [1.29, 1.82) is 0 Å². The molecule has 0 bridgehead atoms. The lowest BCUT2D eigenvalue weighted by atomic mass is 10.0. The Hall–Kier alpha value is -2.99.